The molecule has 9 heterocycles. The number of fused-ring (bicyclic) bond motifs is 3. The van der Waals surface area contributed by atoms with E-state index in [4.69, 9.17) is 44.2 Å². The topological polar surface area (TPSA) is 497 Å². The van der Waals surface area contributed by atoms with Gasteiger partial charge in [-0.05, 0) is 147 Å². The number of methoxy groups -OCH3 is 3. The van der Waals surface area contributed by atoms with Gasteiger partial charge in [0.15, 0.2) is 11.6 Å². The van der Waals surface area contributed by atoms with E-state index >= 15 is 0 Å². The number of ketones is 2. The number of Topliss-reactive ketones (excluding diaryl/α,β-unsaturated/α-hetero) is 2. The average Bonchev–Trinajstić information content (AvgIpc) is 1.54. The lowest BCUT2D eigenvalue weighted by molar-refractivity contribution is -0.146. The van der Waals surface area contributed by atoms with E-state index in [9.17, 15) is 81.9 Å². The van der Waals surface area contributed by atoms with Crippen LogP contribution in [0.2, 0.25) is 0 Å². The fraction of sp³-hybridized carbons (Fsp3) is 0.387. The van der Waals surface area contributed by atoms with Crippen LogP contribution in [-0.2, 0) is 87.6 Å². The summed E-state index contributed by atoms with van der Waals surface area (Å²) in [5.74, 6) is 1.55. The highest BCUT2D eigenvalue weighted by Crippen LogP contribution is 2.40. The summed E-state index contributed by atoms with van der Waals surface area (Å²) in [5, 5.41) is 81.4. The molecule has 14 rings (SSSR count). The van der Waals surface area contributed by atoms with E-state index < -0.39 is 110 Å². The number of aryl methyl sites for hydroxylation is 3. The normalized spacial score (nSPS) is 12.2. The van der Waals surface area contributed by atoms with Gasteiger partial charge in [0.05, 0.1) is 108 Å². The first-order valence-corrected chi connectivity index (χ1v) is 45.0. The lowest BCUT2D eigenvalue weighted by atomic mass is 9.99. The lowest BCUT2D eigenvalue weighted by Gasteiger charge is -2.27. The maximum atomic E-state index is 14.6. The van der Waals surface area contributed by atoms with Crippen LogP contribution in [0.4, 0.5) is 13.2 Å². The standard InChI is InChI=1S/C33H36FN5O7S.C26H30FN5O7S.C25H28FN5O7S.C7H9NO.CH4O.CH4/c1-21-28-29(42)38(33(2,3)27(41)20-45-19-22-9-6-5-7-10-22)32(43)37(31(28)47-30(21)39-35-13-14-36-39)18-26(46-16-8-15-40)24-17-23(34)11-12-25(24)44-4;1-15-21-22(36)31(26(2,3)20(35)14-34)25(37)30(24(21)40-23(15)32-28-8-9-29-32)13-19(39-11-5-10-33)17-12-16(27)6-7-18(17)38-4;1-14-19-20(33)30(25(2,3)23(34)35)24(36)29(22(19)39-21(14)31-27-8-9-28-31)13-18(38-11-5-10-32)16-12-15(26)6-7-17(16)37-4;8-9-6-7-4-2-1-3-5-7;1-2;/h5-7,9-14,17,26,40H,8,15-16,18-20H2,1-4H3;6-9,12,19,33-34H,5,10-11,13-14H2,1-4H3;6-9,12,18,32H,5,10-11,13H2,1-4H3,(H,34,35);1-5H,6,8H2;2H,1H3;1H4/t26-;19-;18-;;;/m000.../s1. The van der Waals surface area contributed by atoms with Crippen LogP contribution in [0.5, 0.6) is 17.2 Å². The summed E-state index contributed by atoms with van der Waals surface area (Å²) >= 11 is 3.31. The Bertz CT molecular complexity index is 6860. The highest BCUT2D eigenvalue weighted by molar-refractivity contribution is 7.22. The second-order valence-corrected chi connectivity index (χ2v) is 34.9. The third-order valence-electron chi connectivity index (χ3n) is 22.0. The Kier molecular flexibility index (Phi) is 38.8. The minimum Gasteiger partial charge on any atom is -0.496 e. The number of hydrogen-bond acceptors (Lipinski definition) is 32. The minimum absolute atomic E-state index is 0. The molecular weight excluding hydrogens is 1860 g/mol. The van der Waals surface area contributed by atoms with E-state index in [0.29, 0.717) is 81.6 Å². The summed E-state index contributed by atoms with van der Waals surface area (Å²) < 4.78 is 89.8. The molecule has 5 aromatic carbocycles. The number of aliphatic hydroxyl groups excluding tert-OH is 5. The van der Waals surface area contributed by atoms with Crippen LogP contribution in [0.15, 0.2) is 181 Å². The van der Waals surface area contributed by atoms with Gasteiger partial charge in [-0.15, -0.1) is 14.4 Å². The number of carboxylic acids is 1. The van der Waals surface area contributed by atoms with Gasteiger partial charge in [-0.25, -0.2) is 51.9 Å². The molecule has 0 aliphatic carbocycles. The molecule has 8 N–H and O–H groups in total. The third-order valence-corrected chi connectivity index (χ3v) is 25.9. The second-order valence-electron chi connectivity index (χ2n) is 31.9. The molecular formula is C93H111F3N16O23S3. The zero-order chi connectivity index (χ0) is 99.9. The molecule has 0 spiro atoms. The molecule has 0 fully saturated rings. The number of benzene rings is 5. The number of carbonyl (C=O) groups excluding carboxylic acids is 2. The molecule has 3 atom stereocenters. The van der Waals surface area contributed by atoms with Gasteiger partial charge in [-0.3, -0.25) is 42.5 Å². The molecule has 138 heavy (non-hydrogen) atoms. The first-order valence-electron chi connectivity index (χ1n) is 42.6. The van der Waals surface area contributed by atoms with Crippen LogP contribution in [0.1, 0.15) is 131 Å². The Morgan fingerprint density at radius 2 is 0.725 bits per heavy atom. The molecule has 0 radical (unpaired) electrons. The number of thiophene rings is 3. The highest BCUT2D eigenvalue weighted by atomic mass is 32.1. The van der Waals surface area contributed by atoms with E-state index in [0.717, 1.165) is 61.4 Å². The van der Waals surface area contributed by atoms with Crippen LogP contribution in [0.25, 0.3) is 45.7 Å². The number of aromatic nitrogens is 15. The monoisotopic (exact) mass is 1970 g/mol. The number of ether oxygens (including phenoxy) is 7. The quantitative estimate of drug-likeness (QED) is 0.0139. The van der Waals surface area contributed by atoms with Crippen molar-refractivity contribution < 1.29 is 96.2 Å². The first-order chi connectivity index (χ1) is 65.6. The van der Waals surface area contributed by atoms with Crippen molar-refractivity contribution in [1.82, 2.24) is 72.4 Å². The van der Waals surface area contributed by atoms with Crippen molar-refractivity contribution in [3.05, 3.63) is 277 Å². The second kappa shape index (κ2) is 49.3. The predicted molar refractivity (Wildman–Crippen MR) is 509 cm³/mol. The Balaban J connectivity index is 0.000000219. The number of carbonyl (C=O) groups is 3. The summed E-state index contributed by atoms with van der Waals surface area (Å²) in [6, 6.07) is 30.9. The maximum Gasteiger partial charge on any atom is 0.333 e. The molecule has 0 saturated heterocycles. The fourth-order valence-electron chi connectivity index (χ4n) is 14.7. The Morgan fingerprint density at radius 3 is 1.00 bits per heavy atom. The fourth-order valence-corrected chi connectivity index (χ4v) is 18.3. The van der Waals surface area contributed by atoms with Gasteiger partial charge in [0, 0.05) is 80.1 Å². The summed E-state index contributed by atoms with van der Waals surface area (Å²) in [7, 11) is 5.26. The number of hydrogen-bond donors (Lipinski definition) is 7. The van der Waals surface area contributed by atoms with Crippen LogP contribution in [0.3, 0.4) is 0 Å². The van der Waals surface area contributed by atoms with Crippen molar-refractivity contribution in [2.75, 3.05) is 81.3 Å². The van der Waals surface area contributed by atoms with Crippen molar-refractivity contribution in [3.8, 4) is 32.3 Å². The van der Waals surface area contributed by atoms with Gasteiger partial charge >= 0.3 is 23.0 Å². The van der Waals surface area contributed by atoms with Gasteiger partial charge in [-0.2, -0.15) is 30.6 Å². The predicted octanol–water partition coefficient (Wildman–Crippen LogP) is 9.16. The maximum absolute atomic E-state index is 14.6. The van der Waals surface area contributed by atoms with Crippen LogP contribution in [-0.4, -0.2) is 202 Å². The van der Waals surface area contributed by atoms with Crippen molar-refractivity contribution in [2.45, 2.75) is 157 Å². The van der Waals surface area contributed by atoms with E-state index in [1.165, 1.54) is 183 Å². The van der Waals surface area contributed by atoms with Gasteiger partial charge < -0.3 is 63.8 Å². The summed E-state index contributed by atoms with van der Waals surface area (Å²) in [6.07, 6.45) is 6.84. The molecule has 9 aromatic heterocycles. The number of aliphatic carboxylic acids is 1. The van der Waals surface area contributed by atoms with Crippen LogP contribution < -0.4 is 53.9 Å². The summed E-state index contributed by atoms with van der Waals surface area (Å²) in [4.78, 5) is 132. The molecule has 0 aliphatic heterocycles. The average molecular weight is 1970 g/mol. The van der Waals surface area contributed by atoms with Crippen molar-refractivity contribution in [1.29, 1.82) is 0 Å². The van der Waals surface area contributed by atoms with E-state index in [2.05, 4.69) is 35.4 Å². The zero-order valence-electron chi connectivity index (χ0n) is 77.2. The van der Waals surface area contributed by atoms with E-state index in [-0.39, 0.29) is 125 Å². The lowest BCUT2D eigenvalue weighted by Crippen LogP contribution is -2.53. The molecule has 0 unspecified atom stereocenters. The number of carboxylic acid groups (broad SMARTS) is 1. The molecule has 0 aliphatic rings. The van der Waals surface area contributed by atoms with Gasteiger partial charge in [0.1, 0.15) is 112 Å². The molecule has 14 aromatic rings. The SMILES string of the molecule is C.CO.COc1ccc(F)cc1[C@H](Cn1c(=O)n(C(C)(C)C(=O)CO)c(=O)c2c(C)c(-n3nccn3)sc21)OCCCO.COc1ccc(F)cc1[C@H](Cn1c(=O)n(C(C)(C)C(=O)COCc2ccccc2)c(=O)c2c(C)c(-n3nccn3)sc21)OCCCO.COc1ccc(F)cc1[C@H](Cn1c(=O)n(C(C)(C)C(=O)O)c(=O)c2c(C)c(-n3nccn3)sc21)OCCCO.NOCc1ccccc1. The van der Waals surface area contributed by atoms with Crippen molar-refractivity contribution >= 4 is 82.2 Å². The molecule has 0 bridgehead atoms. The van der Waals surface area contributed by atoms with E-state index in [1.54, 1.807) is 20.8 Å². The number of nitrogens with zero attached hydrogens (tertiary/aromatic N) is 15. The molecule has 0 amide bonds. The number of rotatable bonds is 40. The Morgan fingerprint density at radius 1 is 0.435 bits per heavy atom. The van der Waals surface area contributed by atoms with Crippen LogP contribution >= 0.6 is 34.0 Å². The number of aliphatic hydroxyl groups is 5. The first kappa shape index (κ1) is 109. The van der Waals surface area contributed by atoms with Gasteiger partial charge in [0.25, 0.3) is 16.7 Å². The Hall–Kier alpha value is -13.0. The number of nitrogens with two attached hydrogens (primary N) is 1. The van der Waals surface area contributed by atoms with Gasteiger partial charge in [-0.1, -0.05) is 102 Å². The number of halogens is 3. The highest BCUT2D eigenvalue weighted by Gasteiger charge is 2.41. The molecule has 740 valence electrons. The minimum atomic E-state index is -1.90. The smallest absolute Gasteiger partial charge is 0.333 e. The molecule has 39 nitrogen and oxygen atoms in total. The van der Waals surface area contributed by atoms with E-state index in [1.807, 2.05) is 60.7 Å². The molecule has 0 saturated carbocycles. The van der Waals surface area contributed by atoms with Crippen molar-refractivity contribution in [2.24, 2.45) is 5.90 Å². The largest absolute Gasteiger partial charge is 0.496 e. The third kappa shape index (κ3) is 24.2. The van der Waals surface area contributed by atoms with Crippen molar-refractivity contribution in [3.63, 3.8) is 0 Å². The zero-order valence-corrected chi connectivity index (χ0v) is 79.7. The Labute approximate surface area is 799 Å². The summed E-state index contributed by atoms with van der Waals surface area (Å²) in [6.45, 7) is 12.0. The van der Waals surface area contributed by atoms with Crippen LogP contribution in [0, 0.1) is 38.2 Å². The molecule has 45 heteroatoms. The van der Waals surface area contributed by atoms with Gasteiger partial charge in [0.2, 0.25) is 0 Å². The summed E-state index contributed by atoms with van der Waals surface area (Å²) in [5.41, 5.74) is -5.46.